The molecule has 274 valence electrons. The number of fused-ring (bicyclic) bond motifs is 5. The van der Waals surface area contributed by atoms with Crippen LogP contribution in [-0.2, 0) is 16.2 Å². The highest BCUT2D eigenvalue weighted by Gasteiger charge is 2.44. The normalized spacial score (nSPS) is 16.7. The van der Waals surface area contributed by atoms with E-state index in [0.717, 1.165) is 45.2 Å². The molecule has 3 aliphatic carbocycles. The number of hydrogen-bond acceptors (Lipinski definition) is 8. The number of allylic oxidation sites excluding steroid dienone is 2. The fourth-order valence-electron chi connectivity index (χ4n) is 8.05. The van der Waals surface area contributed by atoms with Crippen LogP contribution in [0.2, 0.25) is 0 Å². The molecule has 0 amide bonds. The number of hydrogen-bond donors (Lipinski definition) is 0. The van der Waals surface area contributed by atoms with Gasteiger partial charge in [0.2, 0.25) is 10.0 Å². The average Bonchev–Trinajstić information content (AvgIpc) is 3.93. The fourth-order valence-corrected chi connectivity index (χ4v) is 10.3. The molecule has 0 atom stereocenters. The van der Waals surface area contributed by atoms with Gasteiger partial charge in [-0.3, -0.25) is 0 Å². The number of ether oxygens (including phenoxy) is 2. The highest BCUT2D eigenvalue weighted by molar-refractivity contribution is 7.17. The van der Waals surface area contributed by atoms with Crippen molar-refractivity contribution in [1.82, 2.24) is 0 Å². The first kappa shape index (κ1) is 37.5. The molecular formula is C45H40N6O2S2. The summed E-state index contributed by atoms with van der Waals surface area (Å²) >= 11 is 2.91. The molecule has 0 aliphatic heterocycles. The Kier molecular flexibility index (Phi) is 9.43. The number of aliphatic imine (C=N–C) groups is 2. The molecule has 55 heavy (non-hydrogen) atoms. The number of nitriles is 2. The van der Waals surface area contributed by atoms with E-state index < -0.39 is 0 Å². The van der Waals surface area contributed by atoms with Gasteiger partial charge in [-0.25, -0.2) is 10.5 Å². The second kappa shape index (κ2) is 13.8. The van der Waals surface area contributed by atoms with Gasteiger partial charge < -0.3 is 19.2 Å². The Morgan fingerprint density at radius 1 is 0.636 bits per heavy atom. The molecule has 2 heterocycles. The molecule has 3 aliphatic rings. The van der Waals surface area contributed by atoms with Gasteiger partial charge in [0.1, 0.15) is 23.6 Å². The maximum absolute atomic E-state index is 9.38. The summed E-state index contributed by atoms with van der Waals surface area (Å²) in [6.07, 6.45) is 6.26. The van der Waals surface area contributed by atoms with Crippen LogP contribution >= 0.6 is 22.7 Å². The van der Waals surface area contributed by atoms with Crippen LogP contribution in [0.5, 0.6) is 11.5 Å². The molecule has 0 saturated carbocycles. The van der Waals surface area contributed by atoms with Crippen LogP contribution < -0.4 is 9.47 Å². The van der Waals surface area contributed by atoms with Gasteiger partial charge in [-0.2, -0.15) is 0 Å². The number of benzene rings is 2. The summed E-state index contributed by atoms with van der Waals surface area (Å²) in [6.45, 7) is 33.5. The van der Waals surface area contributed by atoms with Crippen LogP contribution in [0, 0.1) is 35.8 Å². The van der Waals surface area contributed by atoms with Gasteiger partial charge in [-0.15, -0.1) is 0 Å². The van der Waals surface area contributed by atoms with Crippen LogP contribution in [0.15, 0.2) is 46.4 Å². The molecule has 0 bridgehead atoms. The van der Waals surface area contributed by atoms with Gasteiger partial charge in [0.15, 0.2) is 0 Å². The molecule has 4 aromatic rings. The summed E-state index contributed by atoms with van der Waals surface area (Å²) in [5.41, 5.74) is 11.2. The monoisotopic (exact) mass is 760 g/mol. The molecule has 0 unspecified atom stereocenters. The maximum atomic E-state index is 9.38. The van der Waals surface area contributed by atoms with Gasteiger partial charge >= 0.3 is 11.7 Å². The van der Waals surface area contributed by atoms with E-state index in [4.69, 9.17) is 22.6 Å². The minimum Gasteiger partial charge on any atom is -0.492 e. The summed E-state index contributed by atoms with van der Waals surface area (Å²) in [5, 5.41) is 19.9. The molecule has 0 radical (unpaired) electrons. The molecule has 2 aromatic carbocycles. The lowest BCUT2D eigenvalue weighted by Gasteiger charge is -2.26. The zero-order valence-corrected chi connectivity index (χ0v) is 33.9. The molecule has 10 heteroatoms. The highest BCUT2D eigenvalue weighted by atomic mass is 32.1. The van der Waals surface area contributed by atoms with Crippen molar-refractivity contribution in [2.75, 3.05) is 13.2 Å². The van der Waals surface area contributed by atoms with E-state index in [9.17, 15) is 10.5 Å². The van der Waals surface area contributed by atoms with Gasteiger partial charge in [-0.05, 0) is 105 Å². The van der Waals surface area contributed by atoms with E-state index >= 15 is 0 Å². The SMILES string of the molecule is [C-]#[N+]C(C#N)=Nc1cc(OCCC)c(C2=Cc3cc4c(cc3C2(C)C)-c2cc3c(cc2C4(C)C)C=C(c2sc(N=C(C#N)[N+]#[C-])cc2OCCC)C3(C)C)s1. The van der Waals surface area contributed by atoms with Crippen LogP contribution in [0.25, 0.3) is 44.1 Å². The van der Waals surface area contributed by atoms with Gasteiger partial charge in [0.25, 0.3) is 0 Å². The minimum absolute atomic E-state index is 0.197. The standard InChI is InChI=1S/C45H40N6O2S2/c1-11-13-52-35-21-39(50-37(23-46)48-9)54-41(35)33-17-25-15-31-27(19-29(25)43(33,3)4)28-20-30-26(16-32(28)45(31,7)8)18-34(44(30,5)6)42-36(53-14-12-2)22-40(55-42)51-38(24-47)49-10/h15-22H,11-14H2,1-8H3. The molecule has 0 saturated heterocycles. The summed E-state index contributed by atoms with van der Waals surface area (Å²) in [6, 6.07) is 17.0. The van der Waals surface area contributed by atoms with Crippen molar-refractivity contribution in [2.45, 2.75) is 84.5 Å². The van der Waals surface area contributed by atoms with E-state index in [1.807, 2.05) is 24.3 Å². The summed E-state index contributed by atoms with van der Waals surface area (Å²) in [5.74, 6) is 1.06. The number of nitrogens with zero attached hydrogens (tertiary/aromatic N) is 6. The molecule has 2 aromatic heterocycles. The largest absolute Gasteiger partial charge is 0.492 e. The summed E-state index contributed by atoms with van der Waals surface area (Å²) in [4.78, 5) is 17.1. The van der Waals surface area contributed by atoms with Crippen LogP contribution in [0.3, 0.4) is 0 Å². The van der Waals surface area contributed by atoms with Crippen molar-refractivity contribution < 1.29 is 9.47 Å². The average molecular weight is 761 g/mol. The van der Waals surface area contributed by atoms with Crippen molar-refractivity contribution in [3.8, 4) is 34.8 Å². The Morgan fingerprint density at radius 3 is 1.38 bits per heavy atom. The van der Waals surface area contributed by atoms with Crippen molar-refractivity contribution in [3.05, 3.63) is 102 Å². The van der Waals surface area contributed by atoms with Crippen molar-refractivity contribution in [2.24, 2.45) is 9.98 Å². The first-order valence-corrected chi connectivity index (χ1v) is 20.0. The van der Waals surface area contributed by atoms with Gasteiger partial charge in [-0.1, -0.05) is 101 Å². The third kappa shape index (κ3) is 6.07. The van der Waals surface area contributed by atoms with Crippen molar-refractivity contribution in [3.63, 3.8) is 0 Å². The topological polar surface area (TPSA) is 99.5 Å². The Labute approximate surface area is 331 Å². The second-order valence-corrected chi connectivity index (χ2v) is 17.6. The van der Waals surface area contributed by atoms with Crippen molar-refractivity contribution in [1.29, 1.82) is 10.5 Å². The predicted molar refractivity (Wildman–Crippen MR) is 225 cm³/mol. The zero-order chi connectivity index (χ0) is 39.4. The van der Waals surface area contributed by atoms with E-state index in [1.165, 1.54) is 67.2 Å². The van der Waals surface area contributed by atoms with Gasteiger partial charge in [0, 0.05) is 28.4 Å². The Balaban J connectivity index is 1.30. The molecular weight excluding hydrogens is 721 g/mol. The summed E-state index contributed by atoms with van der Waals surface area (Å²) < 4.78 is 12.5. The van der Waals surface area contributed by atoms with E-state index in [-0.39, 0.29) is 27.9 Å². The Bertz CT molecular complexity index is 2390. The lowest BCUT2D eigenvalue weighted by molar-refractivity contribution is 0.317. The first-order chi connectivity index (χ1) is 26.2. The smallest absolute Gasteiger partial charge is 0.350 e. The molecule has 0 spiro atoms. The van der Waals surface area contributed by atoms with Crippen LogP contribution in [-0.4, -0.2) is 24.9 Å². The van der Waals surface area contributed by atoms with Crippen molar-refractivity contribution >= 4 is 67.6 Å². The lowest BCUT2D eigenvalue weighted by Crippen LogP contribution is -2.18. The number of thiophene rings is 2. The molecule has 8 nitrogen and oxygen atoms in total. The molecule has 0 fully saturated rings. The van der Waals surface area contributed by atoms with E-state index in [0.29, 0.717) is 23.2 Å². The Hall–Kier alpha value is -5.78. The molecule has 0 N–H and O–H groups in total. The van der Waals surface area contributed by atoms with E-state index in [2.05, 4.69) is 111 Å². The minimum atomic E-state index is -0.358. The van der Waals surface area contributed by atoms with Gasteiger partial charge in [0.05, 0.1) is 23.0 Å². The first-order valence-electron chi connectivity index (χ1n) is 18.3. The predicted octanol–water partition coefficient (Wildman–Crippen LogP) is 12.3. The number of amidine groups is 2. The zero-order valence-electron chi connectivity index (χ0n) is 32.3. The molecule has 7 rings (SSSR count). The number of rotatable bonds is 10. The third-order valence-corrected chi connectivity index (χ3v) is 13.0. The summed E-state index contributed by atoms with van der Waals surface area (Å²) in [7, 11) is 0. The third-order valence-electron chi connectivity index (χ3n) is 10.9. The lowest BCUT2D eigenvalue weighted by atomic mass is 9.77. The highest BCUT2D eigenvalue weighted by Crippen LogP contribution is 2.59. The van der Waals surface area contributed by atoms with E-state index in [1.54, 1.807) is 0 Å². The fraction of sp³-hybridized carbons (Fsp3) is 0.333. The van der Waals surface area contributed by atoms with Crippen LogP contribution in [0.4, 0.5) is 10.0 Å². The maximum Gasteiger partial charge on any atom is 0.350 e. The Morgan fingerprint density at radius 2 is 1.04 bits per heavy atom. The quantitative estimate of drug-likeness (QED) is 0.0912. The van der Waals surface area contributed by atoms with Crippen LogP contribution in [0.1, 0.15) is 111 Å². The second-order valence-electron chi connectivity index (χ2n) is 15.5.